The minimum Gasteiger partial charge on any atom is -0.263 e. The van der Waals surface area contributed by atoms with E-state index in [2.05, 4.69) is 28.3 Å². The average molecular weight is 341 g/mol. The molecule has 1 aromatic heterocycles. The molecule has 3 nitrogen and oxygen atoms in total. The summed E-state index contributed by atoms with van der Waals surface area (Å²) in [5.41, 5.74) is 3.81. The largest absolute Gasteiger partial charge is 0.263 e. The maximum Gasteiger partial charge on any atom is 0.137 e. The van der Waals surface area contributed by atoms with Crippen molar-refractivity contribution in [2.75, 3.05) is 0 Å². The molecule has 0 bridgehead atoms. The molecular formula is C20H21F2N3. The van der Waals surface area contributed by atoms with Crippen LogP contribution in [0.5, 0.6) is 0 Å². The fraction of sp³-hybridized carbons (Fsp3) is 0.250. The van der Waals surface area contributed by atoms with Gasteiger partial charge in [0.25, 0.3) is 0 Å². The zero-order chi connectivity index (χ0) is 18.7. The van der Waals surface area contributed by atoms with Gasteiger partial charge in [-0.2, -0.15) is 0 Å². The molecule has 0 amide bonds. The van der Waals surface area contributed by atoms with Gasteiger partial charge in [-0.15, -0.1) is 0 Å². The van der Waals surface area contributed by atoms with Gasteiger partial charge in [0.05, 0.1) is 28.0 Å². The van der Waals surface area contributed by atoms with E-state index >= 15 is 0 Å². The Labute approximate surface area is 146 Å². The molecule has 0 saturated carbocycles. The monoisotopic (exact) mass is 341 g/mol. The summed E-state index contributed by atoms with van der Waals surface area (Å²) in [6, 6.07) is 2.03. The first-order valence-electron chi connectivity index (χ1n) is 8.00. The van der Waals surface area contributed by atoms with Crippen LogP contribution in [0, 0.1) is 18.6 Å². The van der Waals surface area contributed by atoms with Crippen LogP contribution in [-0.4, -0.2) is 17.4 Å². The maximum absolute atomic E-state index is 14.5. The number of hydrogen-bond donors (Lipinski definition) is 0. The number of nitrogens with zero attached hydrogens (tertiary/aromatic N) is 3. The predicted molar refractivity (Wildman–Crippen MR) is 102 cm³/mol. The summed E-state index contributed by atoms with van der Waals surface area (Å²) in [6.45, 7) is 14.9. The summed E-state index contributed by atoms with van der Waals surface area (Å²) in [7, 11) is 0. The van der Waals surface area contributed by atoms with Gasteiger partial charge in [-0.1, -0.05) is 19.6 Å². The fourth-order valence-electron chi connectivity index (χ4n) is 2.63. The Morgan fingerprint density at radius 1 is 1.32 bits per heavy atom. The molecule has 0 aliphatic carbocycles. The van der Waals surface area contributed by atoms with Crippen molar-refractivity contribution < 1.29 is 8.78 Å². The number of fused-ring (bicyclic) bond motifs is 1. The molecule has 0 unspecified atom stereocenters. The van der Waals surface area contributed by atoms with Crippen molar-refractivity contribution in [2.24, 2.45) is 9.98 Å². The van der Waals surface area contributed by atoms with E-state index in [9.17, 15) is 8.78 Å². The van der Waals surface area contributed by atoms with E-state index in [1.54, 1.807) is 6.92 Å². The van der Waals surface area contributed by atoms with Gasteiger partial charge in [0.1, 0.15) is 11.6 Å². The molecule has 0 aliphatic rings. The second-order valence-electron chi connectivity index (χ2n) is 5.70. The van der Waals surface area contributed by atoms with Gasteiger partial charge in [0, 0.05) is 23.4 Å². The zero-order valence-electron chi connectivity index (χ0n) is 15.0. The van der Waals surface area contributed by atoms with E-state index < -0.39 is 11.6 Å². The van der Waals surface area contributed by atoms with Crippen LogP contribution in [0.2, 0.25) is 0 Å². The third-order valence-electron chi connectivity index (χ3n) is 4.15. The number of pyridine rings is 1. The van der Waals surface area contributed by atoms with Crippen molar-refractivity contribution in [2.45, 2.75) is 34.1 Å². The number of aromatic nitrogens is 1. The van der Waals surface area contributed by atoms with Crippen LogP contribution in [0.3, 0.4) is 0 Å². The number of allylic oxidation sites excluding steroid dienone is 2. The first kappa shape index (κ1) is 18.6. The van der Waals surface area contributed by atoms with E-state index in [1.165, 1.54) is 6.07 Å². The van der Waals surface area contributed by atoms with Crippen LogP contribution in [0.4, 0.5) is 14.5 Å². The Balaban J connectivity index is 2.97. The molecule has 0 aliphatic heterocycles. The van der Waals surface area contributed by atoms with Gasteiger partial charge in [0.15, 0.2) is 0 Å². The number of hydrogen-bond acceptors (Lipinski definition) is 3. The van der Waals surface area contributed by atoms with Crippen molar-refractivity contribution in [1.82, 2.24) is 4.98 Å². The Hall–Kier alpha value is -2.69. The quantitative estimate of drug-likeness (QED) is 0.620. The van der Waals surface area contributed by atoms with Crippen LogP contribution in [0.1, 0.15) is 38.4 Å². The highest BCUT2D eigenvalue weighted by Gasteiger charge is 2.18. The summed E-state index contributed by atoms with van der Waals surface area (Å²) in [6.07, 6.45) is 2.63. The average Bonchev–Trinajstić information content (AvgIpc) is 2.59. The number of aliphatic imine (C=N–C) groups is 2. The smallest absolute Gasteiger partial charge is 0.137 e. The lowest BCUT2D eigenvalue weighted by molar-refractivity contribution is 0.591. The summed E-state index contributed by atoms with van der Waals surface area (Å²) in [4.78, 5) is 12.8. The summed E-state index contributed by atoms with van der Waals surface area (Å²) in [5.74, 6) is -1.39. The Morgan fingerprint density at radius 2 is 2.00 bits per heavy atom. The van der Waals surface area contributed by atoms with Gasteiger partial charge >= 0.3 is 0 Å². The minimum absolute atomic E-state index is 0.176. The Bertz CT molecular complexity index is 924. The van der Waals surface area contributed by atoms with Crippen molar-refractivity contribution >= 4 is 34.7 Å². The summed E-state index contributed by atoms with van der Waals surface area (Å²) < 4.78 is 28.2. The van der Waals surface area contributed by atoms with Gasteiger partial charge in [-0.25, -0.2) is 13.8 Å². The lowest BCUT2D eigenvalue weighted by atomic mass is 10.0. The van der Waals surface area contributed by atoms with E-state index in [0.29, 0.717) is 29.1 Å². The molecular weight excluding hydrogens is 320 g/mol. The highest BCUT2D eigenvalue weighted by molar-refractivity contribution is 6.04. The predicted octanol–water partition coefficient (Wildman–Crippen LogP) is 5.94. The second kappa shape index (κ2) is 7.47. The number of rotatable bonds is 5. The van der Waals surface area contributed by atoms with E-state index in [0.717, 1.165) is 17.4 Å². The van der Waals surface area contributed by atoms with E-state index in [4.69, 9.17) is 0 Å². The Kier molecular flexibility index (Phi) is 5.57. The Morgan fingerprint density at radius 3 is 2.56 bits per heavy atom. The molecule has 1 heterocycles. The molecule has 0 atom stereocenters. The van der Waals surface area contributed by atoms with Gasteiger partial charge < -0.3 is 0 Å². The van der Waals surface area contributed by atoms with Gasteiger partial charge in [0.2, 0.25) is 0 Å². The van der Waals surface area contributed by atoms with Gasteiger partial charge in [-0.3, -0.25) is 9.98 Å². The second-order valence-corrected chi connectivity index (χ2v) is 5.70. The highest BCUT2D eigenvalue weighted by Crippen LogP contribution is 2.36. The molecule has 0 radical (unpaired) electrons. The van der Waals surface area contributed by atoms with Crippen molar-refractivity contribution in [1.29, 1.82) is 0 Å². The third-order valence-corrected chi connectivity index (χ3v) is 4.15. The van der Waals surface area contributed by atoms with Crippen LogP contribution < -0.4 is 0 Å². The molecule has 0 fully saturated rings. The van der Waals surface area contributed by atoms with Crippen molar-refractivity contribution in [3.63, 3.8) is 0 Å². The molecule has 0 spiro atoms. The highest BCUT2D eigenvalue weighted by atomic mass is 19.1. The number of benzene rings is 1. The molecule has 5 heteroatoms. The van der Waals surface area contributed by atoms with Crippen LogP contribution in [0.25, 0.3) is 16.6 Å². The standard InChI is InChI=1S/C20H21F2N3/c1-7-11(3)16(8-2)24-20-12(4)19(13(5)23-6)25-17-10-14(21)9-15(22)18(17)20/h7,9-10H,5-6,8H2,1-4H3/b11-7-,24-16?. The summed E-state index contributed by atoms with van der Waals surface area (Å²) >= 11 is 0. The van der Waals surface area contributed by atoms with Crippen LogP contribution in [-0.2, 0) is 0 Å². The van der Waals surface area contributed by atoms with Crippen molar-refractivity contribution in [3.05, 3.63) is 53.3 Å². The molecule has 1 aromatic carbocycles. The lowest BCUT2D eigenvalue weighted by Gasteiger charge is -2.14. The van der Waals surface area contributed by atoms with Crippen LogP contribution in [0.15, 0.2) is 40.3 Å². The molecule has 25 heavy (non-hydrogen) atoms. The molecule has 0 N–H and O–H groups in total. The minimum atomic E-state index is -0.695. The first-order valence-corrected chi connectivity index (χ1v) is 8.00. The normalized spacial score (nSPS) is 12.6. The van der Waals surface area contributed by atoms with Crippen molar-refractivity contribution in [3.8, 4) is 0 Å². The topological polar surface area (TPSA) is 37.6 Å². The lowest BCUT2D eigenvalue weighted by Crippen LogP contribution is -2.01. The van der Waals surface area contributed by atoms with Gasteiger partial charge in [-0.05, 0) is 39.5 Å². The first-order chi connectivity index (χ1) is 11.8. The van der Waals surface area contributed by atoms with Crippen LogP contribution >= 0.6 is 0 Å². The molecule has 0 saturated heterocycles. The SMILES string of the molecule is C=NC(=C)c1nc2cc(F)cc(F)c2c(N=C(CC)/C(C)=C\C)c1C. The molecule has 2 rings (SSSR count). The third kappa shape index (κ3) is 3.55. The van der Waals surface area contributed by atoms with E-state index in [-0.39, 0.29) is 10.9 Å². The maximum atomic E-state index is 14.5. The number of halogens is 2. The molecule has 2 aromatic rings. The molecule has 130 valence electrons. The zero-order valence-corrected chi connectivity index (χ0v) is 15.0. The van der Waals surface area contributed by atoms with E-state index in [1.807, 2.05) is 26.8 Å². The fourth-order valence-corrected chi connectivity index (χ4v) is 2.63. The summed E-state index contributed by atoms with van der Waals surface area (Å²) in [5, 5.41) is 0.189.